The SMILES string of the molecule is O=C(c1ccccc1)C(Cc1cccc(OP(=O)([O-])Oc2ccccc2)c1)c1cccc(C(F)(F)F)c1.[Na+]. The van der Waals surface area contributed by atoms with E-state index in [-0.39, 0.29) is 58.8 Å². The maximum absolute atomic E-state index is 13.4. The number of rotatable bonds is 9. The summed E-state index contributed by atoms with van der Waals surface area (Å²) in [6.45, 7) is 0. The standard InChI is InChI=1S/C28H22F3O5P.Na/c29-28(30,31)23-13-8-12-22(19-23)26(27(32)21-10-3-1-4-11-21)18-20-9-7-16-25(17-20)36-37(33,34)35-24-14-5-2-6-15-24;/h1-17,19,26H,18H2,(H,33,34);/q;+1/p-1. The van der Waals surface area contributed by atoms with Crippen molar-refractivity contribution in [3.8, 4) is 11.5 Å². The van der Waals surface area contributed by atoms with E-state index in [1.165, 1.54) is 42.5 Å². The van der Waals surface area contributed by atoms with Gasteiger partial charge >= 0.3 is 43.6 Å². The Hall–Kier alpha value is -2.87. The third kappa shape index (κ3) is 8.06. The van der Waals surface area contributed by atoms with Gasteiger partial charge < -0.3 is 13.9 Å². The number of hydrogen-bond donors (Lipinski definition) is 0. The summed E-state index contributed by atoms with van der Waals surface area (Å²) in [4.78, 5) is 25.8. The number of phosphoric acid groups is 1. The third-order valence-corrected chi connectivity index (χ3v) is 6.38. The number of phosphoric ester groups is 1. The molecule has 0 N–H and O–H groups in total. The van der Waals surface area contributed by atoms with E-state index in [9.17, 15) is 27.4 Å². The van der Waals surface area contributed by atoms with Gasteiger partial charge in [0.2, 0.25) is 0 Å². The van der Waals surface area contributed by atoms with Crippen LogP contribution in [-0.2, 0) is 17.2 Å². The second-order valence-corrected chi connectivity index (χ2v) is 9.46. The van der Waals surface area contributed by atoms with Crippen LogP contribution >= 0.6 is 7.82 Å². The topological polar surface area (TPSA) is 75.7 Å². The summed E-state index contributed by atoms with van der Waals surface area (Å²) in [5.74, 6) is -1.30. The van der Waals surface area contributed by atoms with Crippen molar-refractivity contribution in [2.24, 2.45) is 0 Å². The Kier molecular flexibility index (Phi) is 9.99. The molecule has 2 atom stereocenters. The number of carbonyl (C=O) groups excluding carboxylic acids is 1. The van der Waals surface area contributed by atoms with Gasteiger partial charge in [0.15, 0.2) is 5.78 Å². The zero-order valence-electron chi connectivity index (χ0n) is 20.3. The maximum Gasteiger partial charge on any atom is 1.00 e. The van der Waals surface area contributed by atoms with E-state index >= 15 is 0 Å². The quantitative estimate of drug-likeness (QED) is 0.181. The minimum atomic E-state index is -4.78. The molecule has 4 aromatic carbocycles. The summed E-state index contributed by atoms with van der Waals surface area (Å²) in [5.41, 5.74) is 0.164. The summed E-state index contributed by atoms with van der Waals surface area (Å²) < 4.78 is 62.6. The van der Waals surface area contributed by atoms with Crippen molar-refractivity contribution in [2.75, 3.05) is 0 Å². The zero-order valence-corrected chi connectivity index (χ0v) is 23.2. The number of ketones is 1. The second-order valence-electron chi connectivity index (χ2n) is 8.20. The Morgan fingerprint density at radius 2 is 1.37 bits per heavy atom. The number of alkyl halides is 3. The van der Waals surface area contributed by atoms with E-state index in [1.807, 2.05) is 0 Å². The van der Waals surface area contributed by atoms with Crippen LogP contribution in [0.25, 0.3) is 0 Å². The van der Waals surface area contributed by atoms with Crippen LogP contribution in [0.4, 0.5) is 13.2 Å². The van der Waals surface area contributed by atoms with Crippen molar-refractivity contribution in [3.05, 3.63) is 131 Å². The molecule has 190 valence electrons. The molecule has 38 heavy (non-hydrogen) atoms. The molecular formula is C28H21F3NaO5P. The van der Waals surface area contributed by atoms with Crippen LogP contribution in [0.2, 0.25) is 0 Å². The summed E-state index contributed by atoms with van der Waals surface area (Å²) >= 11 is 0. The van der Waals surface area contributed by atoms with Gasteiger partial charge in [-0.05, 0) is 47.9 Å². The fourth-order valence-corrected chi connectivity index (χ4v) is 4.61. The van der Waals surface area contributed by atoms with E-state index in [4.69, 9.17) is 9.05 Å². The molecule has 10 heteroatoms. The molecular weight excluding hydrogens is 527 g/mol. The van der Waals surface area contributed by atoms with Gasteiger partial charge in [-0.2, -0.15) is 13.2 Å². The molecule has 0 heterocycles. The molecule has 0 aliphatic rings. The molecule has 0 spiro atoms. The van der Waals surface area contributed by atoms with Gasteiger partial charge in [0, 0.05) is 5.56 Å². The van der Waals surface area contributed by atoms with Gasteiger partial charge in [0.05, 0.1) is 11.5 Å². The van der Waals surface area contributed by atoms with Crippen molar-refractivity contribution in [1.82, 2.24) is 0 Å². The van der Waals surface area contributed by atoms with Crippen LogP contribution in [0, 0.1) is 0 Å². The predicted octanol–water partition coefficient (Wildman–Crippen LogP) is 3.84. The molecule has 0 saturated heterocycles. The van der Waals surface area contributed by atoms with Gasteiger partial charge in [-0.15, -0.1) is 0 Å². The smallest absolute Gasteiger partial charge is 0.736 e. The van der Waals surface area contributed by atoms with E-state index in [0.717, 1.165) is 12.1 Å². The molecule has 4 rings (SSSR count). The first-order valence-corrected chi connectivity index (χ1v) is 12.7. The second kappa shape index (κ2) is 12.8. The maximum atomic E-state index is 13.4. The number of benzene rings is 4. The number of Topliss-reactive ketones (excluding diaryl/α,β-unsaturated/α-hetero) is 1. The fourth-order valence-electron chi connectivity index (χ4n) is 3.82. The average Bonchev–Trinajstić information content (AvgIpc) is 2.87. The van der Waals surface area contributed by atoms with Crippen molar-refractivity contribution in [3.63, 3.8) is 0 Å². The molecule has 0 aromatic heterocycles. The molecule has 0 radical (unpaired) electrons. The Balaban J connectivity index is 0.00000400. The molecule has 0 bridgehead atoms. The first kappa shape index (κ1) is 29.7. The third-order valence-electron chi connectivity index (χ3n) is 5.51. The normalized spacial score (nSPS) is 13.5. The Bertz CT molecular complexity index is 1410. The molecule has 0 fully saturated rings. The van der Waals surface area contributed by atoms with Crippen LogP contribution in [0.15, 0.2) is 109 Å². The van der Waals surface area contributed by atoms with Crippen LogP contribution in [0.3, 0.4) is 0 Å². The number of halogens is 3. The van der Waals surface area contributed by atoms with Crippen LogP contribution < -0.4 is 43.5 Å². The Morgan fingerprint density at radius 3 is 2.03 bits per heavy atom. The summed E-state index contributed by atoms with van der Waals surface area (Å²) in [5, 5.41) is 0. The van der Waals surface area contributed by atoms with E-state index in [1.54, 1.807) is 54.6 Å². The molecule has 4 aromatic rings. The Labute approximate surface area is 240 Å². The molecule has 0 saturated carbocycles. The molecule has 5 nitrogen and oxygen atoms in total. The molecule has 0 aliphatic heterocycles. The Morgan fingerprint density at radius 1 is 0.789 bits per heavy atom. The minimum Gasteiger partial charge on any atom is -0.736 e. The van der Waals surface area contributed by atoms with Gasteiger partial charge in [-0.25, -0.2) is 4.57 Å². The largest absolute Gasteiger partial charge is 1.00 e. The monoisotopic (exact) mass is 548 g/mol. The van der Waals surface area contributed by atoms with E-state index in [2.05, 4.69) is 0 Å². The van der Waals surface area contributed by atoms with Crippen LogP contribution in [0.5, 0.6) is 11.5 Å². The minimum absolute atomic E-state index is 0. The fraction of sp³-hybridized carbons (Fsp3) is 0.107. The van der Waals surface area contributed by atoms with Crippen molar-refractivity contribution < 1.29 is 66.0 Å². The number of para-hydroxylation sites is 1. The number of hydrogen-bond acceptors (Lipinski definition) is 5. The summed E-state index contributed by atoms with van der Waals surface area (Å²) in [6.07, 6.45) is -4.56. The summed E-state index contributed by atoms with van der Waals surface area (Å²) in [7, 11) is -4.78. The van der Waals surface area contributed by atoms with Crippen molar-refractivity contribution in [2.45, 2.75) is 18.5 Å². The molecule has 0 amide bonds. The van der Waals surface area contributed by atoms with Crippen LogP contribution in [-0.4, -0.2) is 5.78 Å². The first-order chi connectivity index (χ1) is 17.6. The van der Waals surface area contributed by atoms with Crippen molar-refractivity contribution in [1.29, 1.82) is 0 Å². The zero-order chi connectivity index (χ0) is 26.5. The predicted molar refractivity (Wildman–Crippen MR) is 130 cm³/mol. The molecule has 0 aliphatic carbocycles. The summed E-state index contributed by atoms with van der Waals surface area (Å²) in [6, 6.07) is 26.7. The first-order valence-electron chi connectivity index (χ1n) is 11.2. The van der Waals surface area contributed by atoms with Crippen molar-refractivity contribution >= 4 is 13.6 Å². The van der Waals surface area contributed by atoms with Gasteiger partial charge in [0.1, 0.15) is 11.5 Å². The van der Waals surface area contributed by atoms with Gasteiger partial charge in [-0.1, -0.05) is 78.9 Å². The van der Waals surface area contributed by atoms with E-state index < -0.39 is 25.5 Å². The number of carbonyl (C=O) groups is 1. The average molecular weight is 548 g/mol. The van der Waals surface area contributed by atoms with E-state index in [0.29, 0.717) is 11.1 Å². The molecule has 2 unspecified atom stereocenters. The van der Waals surface area contributed by atoms with Gasteiger partial charge in [0.25, 0.3) is 0 Å². The van der Waals surface area contributed by atoms with Crippen LogP contribution in [0.1, 0.15) is 33.0 Å². The van der Waals surface area contributed by atoms with Gasteiger partial charge in [-0.3, -0.25) is 4.79 Å².